The van der Waals surface area contributed by atoms with Gasteiger partial charge in [-0.3, -0.25) is 9.59 Å². The number of thiol groups is 2. The van der Waals surface area contributed by atoms with Gasteiger partial charge in [0.15, 0.2) is 6.10 Å². The van der Waals surface area contributed by atoms with E-state index in [-0.39, 0.29) is 6.61 Å². The van der Waals surface area contributed by atoms with E-state index in [1.165, 1.54) is 0 Å². The molecule has 7 heteroatoms. The molecular weight excluding hydrogens is 252 g/mol. The zero-order chi connectivity index (χ0) is 12.7. The van der Waals surface area contributed by atoms with Crippen molar-refractivity contribution >= 4 is 37.2 Å². The lowest BCUT2D eigenvalue weighted by molar-refractivity contribution is -0.160. The van der Waals surface area contributed by atoms with Gasteiger partial charge >= 0.3 is 11.9 Å². The summed E-state index contributed by atoms with van der Waals surface area (Å²) in [6.07, 6.45) is -0.863. The third-order valence-electron chi connectivity index (χ3n) is 1.58. The van der Waals surface area contributed by atoms with Gasteiger partial charge in [0.05, 0.1) is 17.1 Å². The Morgan fingerprint density at radius 2 is 1.69 bits per heavy atom. The molecule has 0 bridgehead atoms. The van der Waals surface area contributed by atoms with Gasteiger partial charge in [-0.1, -0.05) is 0 Å². The minimum absolute atomic E-state index is 0.188. The first-order chi connectivity index (χ1) is 7.38. The average Bonchev–Trinajstić information content (AvgIpc) is 2.22. The van der Waals surface area contributed by atoms with E-state index in [0.29, 0.717) is 0 Å². The van der Waals surface area contributed by atoms with Crippen LogP contribution in [0.2, 0.25) is 0 Å². The molecule has 0 spiro atoms. The van der Waals surface area contributed by atoms with Gasteiger partial charge < -0.3 is 14.6 Å². The Bertz CT molecular complexity index is 242. The summed E-state index contributed by atoms with van der Waals surface area (Å²) in [5.41, 5.74) is 0. The smallest absolute Gasteiger partial charge is 0.318 e. The first-order valence-electron chi connectivity index (χ1n) is 4.72. The van der Waals surface area contributed by atoms with Gasteiger partial charge in [0.2, 0.25) is 0 Å². The summed E-state index contributed by atoms with van der Waals surface area (Å²) in [6.45, 7) is 2.50. The number of carbonyl (C=O) groups excluding carboxylic acids is 2. The first kappa shape index (κ1) is 15.6. The predicted molar refractivity (Wildman–Crippen MR) is 64.8 cm³/mol. The first-order valence-corrected chi connectivity index (χ1v) is 5.75. The maximum atomic E-state index is 11.1. The zero-order valence-corrected chi connectivity index (χ0v) is 10.9. The second-order valence-electron chi connectivity index (χ2n) is 3.22. The standard InChI is InChI=1S/C9H16O5S2/c1-5(15)8(11)13-4-7(3-10)14-9(12)6(2)16/h5-7,10,15-16H,3-4H2,1-2H3. The van der Waals surface area contributed by atoms with E-state index in [1.54, 1.807) is 13.8 Å². The summed E-state index contributed by atoms with van der Waals surface area (Å²) < 4.78 is 9.58. The Kier molecular flexibility index (Phi) is 7.61. The van der Waals surface area contributed by atoms with E-state index >= 15 is 0 Å². The molecule has 0 aromatic rings. The summed E-state index contributed by atoms with van der Waals surface area (Å²) in [7, 11) is 0. The van der Waals surface area contributed by atoms with Crippen LogP contribution in [-0.2, 0) is 19.1 Å². The molecule has 3 unspecified atom stereocenters. The van der Waals surface area contributed by atoms with Gasteiger partial charge in [0.1, 0.15) is 6.61 Å². The third kappa shape index (κ3) is 6.24. The average molecular weight is 268 g/mol. The molecule has 0 saturated carbocycles. The summed E-state index contributed by atoms with van der Waals surface area (Å²) in [4.78, 5) is 22.2. The molecule has 0 rings (SSSR count). The van der Waals surface area contributed by atoms with Gasteiger partial charge in [-0.25, -0.2) is 0 Å². The minimum Gasteiger partial charge on any atom is -0.461 e. The topological polar surface area (TPSA) is 72.8 Å². The highest BCUT2D eigenvalue weighted by atomic mass is 32.1. The zero-order valence-electron chi connectivity index (χ0n) is 9.12. The maximum Gasteiger partial charge on any atom is 0.318 e. The number of aliphatic hydroxyl groups excluding tert-OH is 1. The molecule has 16 heavy (non-hydrogen) atoms. The Labute approximate surface area is 105 Å². The van der Waals surface area contributed by atoms with Crippen LogP contribution >= 0.6 is 25.3 Å². The van der Waals surface area contributed by atoms with Crippen LogP contribution in [0.15, 0.2) is 0 Å². The lowest BCUT2D eigenvalue weighted by Gasteiger charge is -2.17. The van der Waals surface area contributed by atoms with Crippen LogP contribution < -0.4 is 0 Å². The molecule has 0 amide bonds. The number of carbonyl (C=O) groups is 2. The molecule has 0 aromatic heterocycles. The minimum atomic E-state index is -0.863. The number of esters is 2. The number of ether oxygens (including phenoxy) is 2. The van der Waals surface area contributed by atoms with E-state index in [9.17, 15) is 9.59 Å². The van der Waals surface area contributed by atoms with E-state index in [1.807, 2.05) is 0 Å². The van der Waals surface area contributed by atoms with Crippen LogP contribution in [0.3, 0.4) is 0 Å². The summed E-state index contributed by atoms with van der Waals surface area (Å²) in [5, 5.41) is 7.75. The monoisotopic (exact) mass is 268 g/mol. The van der Waals surface area contributed by atoms with Gasteiger partial charge in [-0.15, -0.1) is 0 Å². The fourth-order valence-electron chi connectivity index (χ4n) is 0.682. The Morgan fingerprint density at radius 3 is 2.06 bits per heavy atom. The number of rotatable bonds is 6. The molecule has 0 radical (unpaired) electrons. The summed E-state index contributed by atoms with van der Waals surface area (Å²) in [6, 6.07) is 0. The van der Waals surface area contributed by atoms with Crippen LogP contribution in [-0.4, -0.2) is 46.9 Å². The normalized spacial score (nSPS) is 16.1. The molecule has 0 aliphatic rings. The molecule has 0 fully saturated rings. The van der Waals surface area contributed by atoms with Gasteiger partial charge in [-0.2, -0.15) is 25.3 Å². The molecule has 0 saturated heterocycles. The molecule has 3 atom stereocenters. The number of hydrogen-bond acceptors (Lipinski definition) is 7. The molecule has 94 valence electrons. The SMILES string of the molecule is CC(S)C(=O)OCC(CO)OC(=O)C(C)S. The van der Waals surface area contributed by atoms with Gasteiger partial charge in [-0.05, 0) is 13.8 Å². The van der Waals surface area contributed by atoms with Crippen molar-refractivity contribution in [1.82, 2.24) is 0 Å². The summed E-state index contributed by atoms with van der Waals surface area (Å²) in [5.74, 6) is -1.10. The Hall–Kier alpha value is -0.400. The highest BCUT2D eigenvalue weighted by Gasteiger charge is 2.19. The third-order valence-corrected chi connectivity index (χ3v) is 2.00. The van der Waals surface area contributed by atoms with Gasteiger partial charge in [0.25, 0.3) is 0 Å². The highest BCUT2D eigenvalue weighted by molar-refractivity contribution is 7.81. The number of aliphatic hydroxyl groups is 1. The van der Waals surface area contributed by atoms with E-state index in [0.717, 1.165) is 0 Å². The van der Waals surface area contributed by atoms with Gasteiger partial charge in [0, 0.05) is 0 Å². The molecular formula is C9H16O5S2. The van der Waals surface area contributed by atoms with Crippen molar-refractivity contribution < 1.29 is 24.2 Å². The van der Waals surface area contributed by atoms with Crippen LogP contribution in [0, 0.1) is 0 Å². The van der Waals surface area contributed by atoms with Crippen molar-refractivity contribution in [3.05, 3.63) is 0 Å². The van der Waals surface area contributed by atoms with Crippen LogP contribution in [0.25, 0.3) is 0 Å². The quantitative estimate of drug-likeness (QED) is 0.470. The molecule has 5 nitrogen and oxygen atoms in total. The lowest BCUT2D eigenvalue weighted by atomic mass is 10.4. The molecule has 1 N–H and O–H groups in total. The second kappa shape index (κ2) is 7.81. The largest absolute Gasteiger partial charge is 0.461 e. The van der Waals surface area contributed by atoms with E-state index in [4.69, 9.17) is 14.6 Å². The van der Waals surface area contributed by atoms with Crippen molar-refractivity contribution in [3.63, 3.8) is 0 Å². The van der Waals surface area contributed by atoms with E-state index < -0.39 is 35.1 Å². The molecule has 0 aliphatic carbocycles. The summed E-state index contributed by atoms with van der Waals surface area (Å²) >= 11 is 7.74. The van der Waals surface area contributed by atoms with Crippen molar-refractivity contribution in [2.75, 3.05) is 13.2 Å². The molecule has 0 heterocycles. The number of hydrogen-bond donors (Lipinski definition) is 3. The van der Waals surface area contributed by atoms with Crippen LogP contribution in [0.1, 0.15) is 13.8 Å². The second-order valence-corrected chi connectivity index (χ2v) is 4.77. The maximum absolute atomic E-state index is 11.1. The fraction of sp³-hybridized carbons (Fsp3) is 0.778. The lowest BCUT2D eigenvalue weighted by Crippen LogP contribution is -2.32. The van der Waals surface area contributed by atoms with Crippen molar-refractivity contribution in [3.8, 4) is 0 Å². The Morgan fingerprint density at radius 1 is 1.19 bits per heavy atom. The van der Waals surface area contributed by atoms with E-state index in [2.05, 4.69) is 25.3 Å². The Balaban J connectivity index is 4.02. The van der Waals surface area contributed by atoms with Crippen molar-refractivity contribution in [2.45, 2.75) is 30.5 Å². The molecule has 0 aliphatic heterocycles. The predicted octanol–water partition coefficient (Wildman–Crippen LogP) is 0.0703. The highest BCUT2D eigenvalue weighted by Crippen LogP contribution is 2.03. The van der Waals surface area contributed by atoms with Crippen molar-refractivity contribution in [1.29, 1.82) is 0 Å². The fourth-order valence-corrected chi connectivity index (χ4v) is 0.818. The van der Waals surface area contributed by atoms with Crippen LogP contribution in [0.5, 0.6) is 0 Å². The van der Waals surface area contributed by atoms with Crippen molar-refractivity contribution in [2.24, 2.45) is 0 Å². The molecule has 0 aromatic carbocycles. The van der Waals surface area contributed by atoms with Crippen LogP contribution in [0.4, 0.5) is 0 Å².